The van der Waals surface area contributed by atoms with Gasteiger partial charge in [-0.1, -0.05) is 12.1 Å². The van der Waals surface area contributed by atoms with Gasteiger partial charge in [-0.25, -0.2) is 4.79 Å². The molecule has 5 heteroatoms. The number of benzene rings is 1. The Morgan fingerprint density at radius 2 is 2.10 bits per heavy atom. The maximum atomic E-state index is 11.5. The van der Waals surface area contributed by atoms with Gasteiger partial charge in [0, 0.05) is 24.7 Å². The minimum absolute atomic E-state index is 0.257. The van der Waals surface area contributed by atoms with Gasteiger partial charge in [0.1, 0.15) is 16.8 Å². The monoisotopic (exact) mass is 272 g/mol. The van der Waals surface area contributed by atoms with E-state index in [-0.39, 0.29) is 5.56 Å². The maximum Gasteiger partial charge on any atom is 0.339 e. The van der Waals surface area contributed by atoms with Crippen molar-refractivity contribution >= 4 is 22.6 Å². The topological polar surface area (TPSA) is 62.7 Å². The third-order valence-corrected chi connectivity index (χ3v) is 3.70. The van der Waals surface area contributed by atoms with Crippen LogP contribution in [-0.2, 0) is 0 Å². The van der Waals surface area contributed by atoms with E-state index in [4.69, 9.17) is 4.74 Å². The van der Waals surface area contributed by atoms with Crippen molar-refractivity contribution in [3.05, 3.63) is 30.0 Å². The van der Waals surface area contributed by atoms with Crippen molar-refractivity contribution in [2.24, 2.45) is 0 Å². The first-order valence-corrected chi connectivity index (χ1v) is 6.66. The lowest BCUT2D eigenvalue weighted by Crippen LogP contribution is -2.21. The van der Waals surface area contributed by atoms with Gasteiger partial charge in [-0.3, -0.25) is 4.98 Å². The molecule has 1 aliphatic heterocycles. The quantitative estimate of drug-likeness (QED) is 0.930. The lowest BCUT2D eigenvalue weighted by molar-refractivity contribution is 0.0697. The smallest absolute Gasteiger partial charge is 0.339 e. The first-order valence-electron chi connectivity index (χ1n) is 6.66. The van der Waals surface area contributed by atoms with Crippen LogP contribution in [0, 0.1) is 0 Å². The third kappa shape index (κ3) is 1.95. The zero-order chi connectivity index (χ0) is 14.1. The second kappa shape index (κ2) is 5.00. The predicted octanol–water partition coefficient (Wildman–Crippen LogP) is 2.54. The number of hydrogen-bond donors (Lipinski definition) is 1. The highest BCUT2D eigenvalue weighted by Gasteiger charge is 2.23. The van der Waals surface area contributed by atoms with Crippen molar-refractivity contribution in [1.29, 1.82) is 0 Å². The number of fused-ring (bicyclic) bond motifs is 1. The van der Waals surface area contributed by atoms with Crippen molar-refractivity contribution < 1.29 is 14.6 Å². The zero-order valence-corrected chi connectivity index (χ0v) is 11.3. The SMILES string of the molecule is COc1cccc2c(N3CCCC3)c(C(=O)O)cnc12. The van der Waals surface area contributed by atoms with Crippen LogP contribution in [0.5, 0.6) is 5.75 Å². The van der Waals surface area contributed by atoms with E-state index in [1.54, 1.807) is 7.11 Å². The molecule has 20 heavy (non-hydrogen) atoms. The second-order valence-corrected chi connectivity index (χ2v) is 4.88. The average Bonchev–Trinajstić information content (AvgIpc) is 2.98. The predicted molar refractivity (Wildman–Crippen MR) is 76.7 cm³/mol. The number of para-hydroxylation sites is 1. The number of carboxylic acids is 1. The number of hydrogen-bond acceptors (Lipinski definition) is 4. The van der Waals surface area contributed by atoms with Crippen molar-refractivity contribution in [2.45, 2.75) is 12.8 Å². The molecule has 0 radical (unpaired) electrons. The number of ether oxygens (including phenoxy) is 1. The molecule has 104 valence electrons. The highest BCUT2D eigenvalue weighted by atomic mass is 16.5. The molecule has 0 bridgehead atoms. The summed E-state index contributed by atoms with van der Waals surface area (Å²) in [5.41, 5.74) is 1.73. The van der Waals surface area contributed by atoms with Gasteiger partial charge in [0.05, 0.1) is 12.8 Å². The lowest BCUT2D eigenvalue weighted by Gasteiger charge is -2.22. The van der Waals surface area contributed by atoms with Gasteiger partial charge in [-0.05, 0) is 18.9 Å². The van der Waals surface area contributed by atoms with E-state index in [2.05, 4.69) is 9.88 Å². The normalized spacial score (nSPS) is 14.8. The van der Waals surface area contributed by atoms with Crippen molar-refractivity contribution in [3.63, 3.8) is 0 Å². The standard InChI is InChI=1S/C15H16N2O3/c1-20-12-6-4-5-10-13(12)16-9-11(15(18)19)14(10)17-7-2-3-8-17/h4-6,9H,2-3,7-8H2,1H3,(H,18,19). The van der Waals surface area contributed by atoms with Crippen molar-refractivity contribution in [3.8, 4) is 5.75 Å². The number of nitrogens with zero attached hydrogens (tertiary/aromatic N) is 2. The minimum Gasteiger partial charge on any atom is -0.494 e. The van der Waals surface area contributed by atoms with Crippen LogP contribution in [0.2, 0.25) is 0 Å². The van der Waals surface area contributed by atoms with Crippen LogP contribution < -0.4 is 9.64 Å². The Hall–Kier alpha value is -2.30. The van der Waals surface area contributed by atoms with E-state index >= 15 is 0 Å². The molecule has 2 heterocycles. The molecule has 1 aromatic carbocycles. The van der Waals surface area contributed by atoms with Crippen LogP contribution in [0.15, 0.2) is 24.4 Å². The van der Waals surface area contributed by atoms with Gasteiger partial charge >= 0.3 is 5.97 Å². The van der Waals surface area contributed by atoms with Crippen molar-refractivity contribution in [1.82, 2.24) is 4.98 Å². The molecule has 5 nitrogen and oxygen atoms in total. The van der Waals surface area contributed by atoms with Crippen LogP contribution in [0.1, 0.15) is 23.2 Å². The molecule has 1 saturated heterocycles. The van der Waals surface area contributed by atoms with Gasteiger partial charge in [-0.2, -0.15) is 0 Å². The molecule has 2 aromatic rings. The Morgan fingerprint density at radius 3 is 2.75 bits per heavy atom. The molecule has 0 spiro atoms. The van der Waals surface area contributed by atoms with Gasteiger partial charge in [0.15, 0.2) is 0 Å². The van der Waals surface area contributed by atoms with E-state index in [0.29, 0.717) is 11.3 Å². The van der Waals surface area contributed by atoms with Gasteiger partial charge in [0.25, 0.3) is 0 Å². The summed E-state index contributed by atoms with van der Waals surface area (Å²) in [6.45, 7) is 1.77. The number of carbonyl (C=O) groups is 1. The number of carboxylic acid groups (broad SMARTS) is 1. The minimum atomic E-state index is -0.941. The van der Waals surface area contributed by atoms with Gasteiger partial charge in [-0.15, -0.1) is 0 Å². The average molecular weight is 272 g/mol. The molecule has 0 atom stereocenters. The number of anilines is 1. The summed E-state index contributed by atoms with van der Waals surface area (Å²) in [7, 11) is 1.59. The molecule has 1 aliphatic rings. The van der Waals surface area contributed by atoms with E-state index in [9.17, 15) is 9.90 Å². The second-order valence-electron chi connectivity index (χ2n) is 4.88. The van der Waals surface area contributed by atoms with Gasteiger partial charge < -0.3 is 14.7 Å². The number of aromatic carboxylic acids is 1. The lowest BCUT2D eigenvalue weighted by atomic mass is 10.1. The Bertz CT molecular complexity index is 663. The van der Waals surface area contributed by atoms with Gasteiger partial charge in [0.2, 0.25) is 0 Å². The number of rotatable bonds is 3. The Balaban J connectivity index is 2.30. The summed E-state index contributed by atoms with van der Waals surface area (Å²) in [6.07, 6.45) is 3.61. The fraction of sp³-hybridized carbons (Fsp3) is 0.333. The Morgan fingerprint density at radius 1 is 1.35 bits per heavy atom. The molecule has 1 fully saturated rings. The first kappa shape index (κ1) is 12.7. The third-order valence-electron chi connectivity index (χ3n) is 3.70. The molecule has 1 aromatic heterocycles. The summed E-state index contributed by atoms with van der Waals surface area (Å²) in [4.78, 5) is 17.9. The molecular weight excluding hydrogens is 256 g/mol. The first-order chi connectivity index (χ1) is 9.72. The highest BCUT2D eigenvalue weighted by Crippen LogP contribution is 2.35. The van der Waals surface area contributed by atoms with Crippen LogP contribution in [0.4, 0.5) is 5.69 Å². The molecular formula is C15H16N2O3. The van der Waals surface area contributed by atoms with E-state index in [1.807, 2.05) is 18.2 Å². The van der Waals surface area contributed by atoms with E-state index < -0.39 is 5.97 Å². The summed E-state index contributed by atoms with van der Waals surface area (Å²) in [5.74, 6) is -0.274. The number of pyridine rings is 1. The molecule has 3 rings (SSSR count). The van der Waals surface area contributed by atoms with E-state index in [1.165, 1.54) is 6.20 Å². The van der Waals surface area contributed by atoms with E-state index in [0.717, 1.165) is 37.0 Å². The fourth-order valence-corrected chi connectivity index (χ4v) is 2.78. The molecule has 1 N–H and O–H groups in total. The van der Waals surface area contributed by atoms with Crippen LogP contribution >= 0.6 is 0 Å². The maximum absolute atomic E-state index is 11.5. The van der Waals surface area contributed by atoms with Crippen molar-refractivity contribution in [2.75, 3.05) is 25.1 Å². The Labute approximate surface area is 116 Å². The summed E-state index contributed by atoms with van der Waals surface area (Å²) < 4.78 is 5.32. The highest BCUT2D eigenvalue weighted by molar-refractivity contribution is 6.06. The summed E-state index contributed by atoms with van der Waals surface area (Å²) in [5, 5.41) is 10.3. The number of methoxy groups -OCH3 is 1. The summed E-state index contributed by atoms with van der Waals surface area (Å²) in [6, 6.07) is 5.61. The van der Waals surface area contributed by atoms with Crippen LogP contribution in [0.3, 0.4) is 0 Å². The zero-order valence-electron chi connectivity index (χ0n) is 11.3. The largest absolute Gasteiger partial charge is 0.494 e. The summed E-state index contributed by atoms with van der Waals surface area (Å²) >= 11 is 0. The molecule has 0 saturated carbocycles. The molecule has 0 unspecified atom stereocenters. The molecule has 0 amide bonds. The molecule has 0 aliphatic carbocycles. The fourth-order valence-electron chi connectivity index (χ4n) is 2.78. The van der Waals surface area contributed by atoms with Crippen LogP contribution in [0.25, 0.3) is 10.9 Å². The Kier molecular flexibility index (Phi) is 3.18. The van der Waals surface area contributed by atoms with Crippen LogP contribution in [-0.4, -0.2) is 36.3 Å². The number of aromatic nitrogens is 1.